The number of furan rings is 1. The molecule has 0 radical (unpaired) electrons. The van der Waals surface area contributed by atoms with E-state index in [0.29, 0.717) is 29.6 Å². The highest BCUT2D eigenvalue weighted by Gasteiger charge is 2.23. The summed E-state index contributed by atoms with van der Waals surface area (Å²) < 4.78 is 5.55. The molecule has 1 aliphatic rings. The molecule has 1 amide bonds. The molecule has 3 heterocycles. The van der Waals surface area contributed by atoms with Gasteiger partial charge in [-0.1, -0.05) is 30.3 Å². The summed E-state index contributed by atoms with van der Waals surface area (Å²) in [5.74, 6) is 1.93. The summed E-state index contributed by atoms with van der Waals surface area (Å²) in [4.78, 5) is 14.7. The van der Waals surface area contributed by atoms with Crippen molar-refractivity contribution in [1.29, 1.82) is 0 Å². The normalized spacial score (nSPS) is 17.3. The Morgan fingerprint density at radius 3 is 2.93 bits per heavy atom. The number of aromatic nitrogens is 2. The van der Waals surface area contributed by atoms with Crippen LogP contribution in [0.2, 0.25) is 0 Å². The summed E-state index contributed by atoms with van der Waals surface area (Å²) in [6.45, 7) is 5.46. The zero-order chi connectivity index (χ0) is 18.6. The van der Waals surface area contributed by atoms with E-state index < -0.39 is 0 Å². The van der Waals surface area contributed by atoms with E-state index in [0.717, 1.165) is 25.4 Å². The van der Waals surface area contributed by atoms with Gasteiger partial charge in [0.05, 0.1) is 0 Å². The maximum Gasteiger partial charge on any atom is 0.271 e. The largest absolute Gasteiger partial charge is 0.460 e. The molecule has 1 aromatic carbocycles. The summed E-state index contributed by atoms with van der Waals surface area (Å²) in [7, 11) is 0. The fourth-order valence-electron chi connectivity index (χ4n) is 3.59. The molecule has 2 aromatic heterocycles. The predicted octanol–water partition coefficient (Wildman–Crippen LogP) is 3.20. The van der Waals surface area contributed by atoms with Gasteiger partial charge in [-0.05, 0) is 43.5 Å². The van der Waals surface area contributed by atoms with Crippen molar-refractivity contribution < 1.29 is 9.21 Å². The summed E-state index contributed by atoms with van der Waals surface area (Å²) in [5, 5.41) is 9.91. The molecule has 27 heavy (non-hydrogen) atoms. The smallest absolute Gasteiger partial charge is 0.271 e. The first kappa shape index (κ1) is 17.5. The second-order valence-corrected chi connectivity index (χ2v) is 7.03. The van der Waals surface area contributed by atoms with Crippen LogP contribution in [0.5, 0.6) is 0 Å². The van der Waals surface area contributed by atoms with Gasteiger partial charge in [-0.2, -0.15) is 5.10 Å². The Hall–Kier alpha value is -2.86. The van der Waals surface area contributed by atoms with Crippen LogP contribution in [-0.4, -0.2) is 47.2 Å². The molecule has 6 nitrogen and oxygen atoms in total. The van der Waals surface area contributed by atoms with Gasteiger partial charge < -0.3 is 14.6 Å². The molecule has 1 aliphatic heterocycles. The lowest BCUT2D eigenvalue weighted by atomic mass is 9.99. The maximum absolute atomic E-state index is 12.3. The molecule has 0 bridgehead atoms. The van der Waals surface area contributed by atoms with E-state index in [2.05, 4.69) is 50.7 Å². The summed E-state index contributed by atoms with van der Waals surface area (Å²) in [6, 6.07) is 16.1. The van der Waals surface area contributed by atoms with Crippen molar-refractivity contribution in [1.82, 2.24) is 20.4 Å². The summed E-state index contributed by atoms with van der Waals surface area (Å²) in [5.41, 5.74) is 2.49. The van der Waals surface area contributed by atoms with Gasteiger partial charge in [0.2, 0.25) is 0 Å². The molecule has 140 valence electrons. The molecule has 3 aromatic rings. The van der Waals surface area contributed by atoms with E-state index in [1.165, 1.54) is 12.0 Å². The number of amides is 1. The second-order valence-electron chi connectivity index (χ2n) is 7.03. The van der Waals surface area contributed by atoms with Crippen LogP contribution < -0.4 is 5.32 Å². The molecule has 0 saturated carbocycles. The van der Waals surface area contributed by atoms with Crippen LogP contribution in [0, 0.1) is 6.92 Å². The van der Waals surface area contributed by atoms with E-state index in [9.17, 15) is 4.79 Å². The average molecular weight is 364 g/mol. The van der Waals surface area contributed by atoms with Crippen LogP contribution in [-0.2, 0) is 0 Å². The van der Waals surface area contributed by atoms with Gasteiger partial charge in [-0.25, -0.2) is 0 Å². The minimum Gasteiger partial charge on any atom is -0.460 e. The Kier molecular flexibility index (Phi) is 5.07. The monoisotopic (exact) mass is 364 g/mol. The van der Waals surface area contributed by atoms with Gasteiger partial charge in [0.1, 0.15) is 11.5 Å². The number of aryl methyl sites for hydroxylation is 1. The Bertz CT molecular complexity index is 900. The Morgan fingerprint density at radius 2 is 2.15 bits per heavy atom. The SMILES string of the molecule is Cc1ccc(-c2cc(C(=O)NCCN3CCC(c4ccccc4)C3)n[nH]2)o1. The number of nitrogens with one attached hydrogen (secondary N) is 2. The number of hydrogen-bond donors (Lipinski definition) is 2. The van der Waals surface area contributed by atoms with Crippen LogP contribution in [0.3, 0.4) is 0 Å². The number of aromatic amines is 1. The number of likely N-dealkylation sites (tertiary alicyclic amines) is 1. The Morgan fingerprint density at radius 1 is 1.30 bits per heavy atom. The van der Waals surface area contributed by atoms with Crippen LogP contribution in [0.1, 0.15) is 34.2 Å². The summed E-state index contributed by atoms with van der Waals surface area (Å²) in [6.07, 6.45) is 1.17. The number of nitrogens with zero attached hydrogens (tertiary/aromatic N) is 2. The van der Waals surface area contributed by atoms with E-state index in [-0.39, 0.29) is 5.91 Å². The first-order chi connectivity index (χ1) is 13.2. The minimum atomic E-state index is -0.167. The van der Waals surface area contributed by atoms with Crippen molar-refractivity contribution in [3.05, 3.63) is 65.5 Å². The zero-order valence-corrected chi connectivity index (χ0v) is 15.4. The number of carbonyl (C=O) groups excluding carboxylic acids is 1. The quantitative estimate of drug-likeness (QED) is 0.704. The van der Waals surface area contributed by atoms with Gasteiger partial charge in [0, 0.05) is 25.7 Å². The van der Waals surface area contributed by atoms with Crippen molar-refractivity contribution >= 4 is 5.91 Å². The first-order valence-electron chi connectivity index (χ1n) is 9.37. The highest BCUT2D eigenvalue weighted by molar-refractivity contribution is 5.93. The lowest BCUT2D eigenvalue weighted by Crippen LogP contribution is -2.34. The molecule has 0 aliphatic carbocycles. The standard InChI is InChI=1S/C21H24N4O2/c1-15-7-8-20(27-15)18-13-19(24-23-18)21(26)22-10-12-25-11-9-17(14-25)16-5-3-2-4-6-16/h2-8,13,17H,9-12,14H2,1H3,(H,22,26)(H,23,24). The highest BCUT2D eigenvalue weighted by atomic mass is 16.3. The molecule has 4 rings (SSSR count). The lowest BCUT2D eigenvalue weighted by Gasteiger charge is -2.16. The molecule has 1 atom stereocenters. The van der Waals surface area contributed by atoms with Crippen molar-refractivity contribution in [2.45, 2.75) is 19.3 Å². The highest BCUT2D eigenvalue weighted by Crippen LogP contribution is 2.26. The van der Waals surface area contributed by atoms with Crippen LogP contribution >= 0.6 is 0 Å². The molecule has 1 fully saturated rings. The van der Waals surface area contributed by atoms with E-state index in [1.54, 1.807) is 6.07 Å². The molecule has 6 heteroatoms. The minimum absolute atomic E-state index is 0.167. The van der Waals surface area contributed by atoms with Crippen LogP contribution in [0.15, 0.2) is 52.9 Å². The van der Waals surface area contributed by atoms with Crippen molar-refractivity contribution in [2.24, 2.45) is 0 Å². The zero-order valence-electron chi connectivity index (χ0n) is 15.4. The Balaban J connectivity index is 1.25. The summed E-state index contributed by atoms with van der Waals surface area (Å²) >= 11 is 0. The van der Waals surface area contributed by atoms with Gasteiger partial charge in [-0.15, -0.1) is 0 Å². The number of H-pyrrole nitrogens is 1. The van der Waals surface area contributed by atoms with Gasteiger partial charge in [0.25, 0.3) is 5.91 Å². The number of hydrogen-bond acceptors (Lipinski definition) is 4. The predicted molar refractivity (Wildman–Crippen MR) is 104 cm³/mol. The lowest BCUT2D eigenvalue weighted by molar-refractivity contribution is 0.0944. The third kappa shape index (κ3) is 4.11. The van der Waals surface area contributed by atoms with Crippen molar-refractivity contribution in [3.8, 4) is 11.5 Å². The maximum atomic E-state index is 12.3. The molecule has 0 spiro atoms. The Labute approximate surface area is 158 Å². The van der Waals surface area contributed by atoms with E-state index in [1.807, 2.05) is 19.1 Å². The molecular weight excluding hydrogens is 340 g/mol. The number of carbonyl (C=O) groups is 1. The third-order valence-corrected chi connectivity index (χ3v) is 5.07. The van der Waals surface area contributed by atoms with E-state index >= 15 is 0 Å². The first-order valence-corrected chi connectivity index (χ1v) is 9.37. The third-order valence-electron chi connectivity index (χ3n) is 5.07. The van der Waals surface area contributed by atoms with Gasteiger partial charge in [0.15, 0.2) is 11.5 Å². The molecule has 2 N–H and O–H groups in total. The van der Waals surface area contributed by atoms with Crippen LogP contribution in [0.25, 0.3) is 11.5 Å². The molecule has 1 unspecified atom stereocenters. The fraction of sp³-hybridized carbons (Fsp3) is 0.333. The van der Waals surface area contributed by atoms with Crippen LogP contribution in [0.4, 0.5) is 0 Å². The van der Waals surface area contributed by atoms with Crippen molar-refractivity contribution in [2.75, 3.05) is 26.2 Å². The van der Waals surface area contributed by atoms with E-state index in [4.69, 9.17) is 4.42 Å². The second kappa shape index (κ2) is 7.80. The number of benzene rings is 1. The topological polar surface area (TPSA) is 74.2 Å². The fourth-order valence-corrected chi connectivity index (χ4v) is 3.59. The molecular formula is C21H24N4O2. The van der Waals surface area contributed by atoms with Crippen molar-refractivity contribution in [3.63, 3.8) is 0 Å². The number of rotatable bonds is 6. The van der Waals surface area contributed by atoms with Gasteiger partial charge in [-0.3, -0.25) is 9.89 Å². The average Bonchev–Trinajstić information content (AvgIpc) is 3.43. The van der Waals surface area contributed by atoms with Gasteiger partial charge >= 0.3 is 0 Å². The molecule has 1 saturated heterocycles.